The summed E-state index contributed by atoms with van der Waals surface area (Å²) in [6.45, 7) is 10.8. The molecule has 182 valence electrons. The number of carbonyl (C=O) groups is 1. The Hall–Kier alpha value is -2.87. The van der Waals surface area contributed by atoms with Gasteiger partial charge in [0.1, 0.15) is 18.5 Å². The van der Waals surface area contributed by atoms with Crippen LogP contribution in [0.4, 0.5) is 0 Å². The molecular formula is C27H35N3O4. The van der Waals surface area contributed by atoms with Gasteiger partial charge in [0.05, 0.1) is 17.7 Å². The van der Waals surface area contributed by atoms with E-state index in [0.29, 0.717) is 24.5 Å². The Kier molecular flexibility index (Phi) is 7.56. The summed E-state index contributed by atoms with van der Waals surface area (Å²) >= 11 is 0. The first-order chi connectivity index (χ1) is 16.4. The van der Waals surface area contributed by atoms with Gasteiger partial charge in [-0.1, -0.05) is 17.7 Å². The topological polar surface area (TPSA) is 67.2 Å². The van der Waals surface area contributed by atoms with Gasteiger partial charge in [-0.2, -0.15) is 0 Å². The molecule has 1 atom stereocenters. The van der Waals surface area contributed by atoms with Gasteiger partial charge in [-0.05, 0) is 58.2 Å². The van der Waals surface area contributed by atoms with Gasteiger partial charge in [-0.15, -0.1) is 0 Å². The van der Waals surface area contributed by atoms with Crippen LogP contribution in [0.2, 0.25) is 0 Å². The Bertz CT molecular complexity index is 1130. The average molecular weight is 466 g/mol. The zero-order valence-corrected chi connectivity index (χ0v) is 20.6. The average Bonchev–Trinajstić information content (AvgIpc) is 3.11. The zero-order chi connectivity index (χ0) is 24.2. The molecule has 34 heavy (non-hydrogen) atoms. The summed E-state index contributed by atoms with van der Waals surface area (Å²) in [5.41, 5.74) is 4.44. The minimum atomic E-state index is -0.581. The maximum absolute atomic E-state index is 12.9. The first-order valence-electron chi connectivity index (χ1n) is 12.0. The third-order valence-corrected chi connectivity index (χ3v) is 6.45. The van der Waals surface area contributed by atoms with Crippen molar-refractivity contribution in [2.75, 3.05) is 53.0 Å². The van der Waals surface area contributed by atoms with Crippen LogP contribution < -0.4 is 4.74 Å². The first-order valence-corrected chi connectivity index (χ1v) is 12.0. The molecule has 4 rings (SSSR count). The fourth-order valence-electron chi connectivity index (χ4n) is 4.55. The monoisotopic (exact) mass is 465 g/mol. The van der Waals surface area contributed by atoms with Gasteiger partial charge >= 0.3 is 5.97 Å². The second-order valence-corrected chi connectivity index (χ2v) is 9.10. The zero-order valence-electron chi connectivity index (χ0n) is 20.6. The summed E-state index contributed by atoms with van der Waals surface area (Å²) in [4.78, 5) is 17.4. The lowest BCUT2D eigenvalue weighted by Crippen LogP contribution is -2.47. The number of aliphatic hydroxyl groups is 1. The lowest BCUT2D eigenvalue weighted by Gasteiger charge is -2.33. The quantitative estimate of drug-likeness (QED) is 0.515. The van der Waals surface area contributed by atoms with Gasteiger partial charge in [0.15, 0.2) is 0 Å². The van der Waals surface area contributed by atoms with E-state index in [0.717, 1.165) is 48.5 Å². The molecule has 0 amide bonds. The van der Waals surface area contributed by atoms with Crippen molar-refractivity contribution < 1.29 is 19.4 Å². The van der Waals surface area contributed by atoms with Gasteiger partial charge < -0.3 is 24.0 Å². The molecule has 1 fully saturated rings. The minimum Gasteiger partial charge on any atom is -0.491 e. The van der Waals surface area contributed by atoms with Crippen LogP contribution in [0, 0.1) is 13.8 Å². The molecule has 0 spiro atoms. The lowest BCUT2D eigenvalue weighted by atomic mass is 10.1. The van der Waals surface area contributed by atoms with E-state index >= 15 is 0 Å². The van der Waals surface area contributed by atoms with Crippen LogP contribution in [0.5, 0.6) is 5.75 Å². The molecular weight excluding hydrogens is 430 g/mol. The van der Waals surface area contributed by atoms with E-state index < -0.39 is 6.10 Å². The molecule has 0 radical (unpaired) electrons. The number of piperazine rings is 1. The van der Waals surface area contributed by atoms with E-state index in [9.17, 15) is 9.90 Å². The van der Waals surface area contributed by atoms with Crippen molar-refractivity contribution >= 4 is 16.9 Å². The highest BCUT2D eigenvalue weighted by molar-refractivity contribution is 6.07. The van der Waals surface area contributed by atoms with Crippen LogP contribution in [-0.4, -0.2) is 84.5 Å². The smallest absolute Gasteiger partial charge is 0.340 e. The van der Waals surface area contributed by atoms with E-state index in [2.05, 4.69) is 52.6 Å². The van der Waals surface area contributed by atoms with E-state index in [1.165, 1.54) is 5.56 Å². The summed E-state index contributed by atoms with van der Waals surface area (Å²) in [6.07, 6.45) is -0.581. The van der Waals surface area contributed by atoms with Crippen LogP contribution >= 0.6 is 0 Å². The fraction of sp³-hybridized carbons (Fsp3) is 0.444. The van der Waals surface area contributed by atoms with Crippen molar-refractivity contribution in [3.63, 3.8) is 0 Å². The number of β-amino-alcohol motifs (C(OH)–C–C–N with tert-alkyl or cyclic N) is 1. The Balaban J connectivity index is 1.58. The Morgan fingerprint density at radius 2 is 1.76 bits per heavy atom. The summed E-state index contributed by atoms with van der Waals surface area (Å²) in [6, 6.07) is 14.0. The van der Waals surface area contributed by atoms with Crippen LogP contribution in [0.3, 0.4) is 0 Å². The Morgan fingerprint density at radius 3 is 2.44 bits per heavy atom. The molecule has 2 heterocycles. The summed E-state index contributed by atoms with van der Waals surface area (Å²) in [5, 5.41) is 11.3. The molecule has 3 aromatic rings. The third-order valence-electron chi connectivity index (χ3n) is 6.45. The second kappa shape index (κ2) is 10.6. The molecule has 1 N–H and O–H groups in total. The van der Waals surface area contributed by atoms with Crippen molar-refractivity contribution in [3.8, 4) is 11.4 Å². The number of carbonyl (C=O) groups excluding carboxylic acids is 1. The molecule has 0 bridgehead atoms. The fourth-order valence-corrected chi connectivity index (χ4v) is 4.55. The number of rotatable bonds is 8. The van der Waals surface area contributed by atoms with Crippen LogP contribution in [0.25, 0.3) is 16.6 Å². The molecule has 1 aliphatic heterocycles. The van der Waals surface area contributed by atoms with Crippen molar-refractivity contribution in [1.82, 2.24) is 14.4 Å². The van der Waals surface area contributed by atoms with Gasteiger partial charge in [-0.3, -0.25) is 4.90 Å². The van der Waals surface area contributed by atoms with E-state index in [4.69, 9.17) is 9.47 Å². The number of fused-ring (bicyclic) bond motifs is 1. The number of esters is 1. The maximum atomic E-state index is 12.9. The van der Waals surface area contributed by atoms with Crippen LogP contribution in [0.1, 0.15) is 28.5 Å². The molecule has 2 aromatic carbocycles. The highest BCUT2D eigenvalue weighted by atomic mass is 16.5. The largest absolute Gasteiger partial charge is 0.491 e. The number of benzene rings is 2. The highest BCUT2D eigenvalue weighted by Gasteiger charge is 2.23. The third kappa shape index (κ3) is 5.27. The molecule has 1 aliphatic rings. The van der Waals surface area contributed by atoms with Crippen molar-refractivity contribution in [3.05, 3.63) is 59.3 Å². The Morgan fingerprint density at radius 1 is 1.06 bits per heavy atom. The number of aryl methyl sites for hydroxylation is 1. The molecule has 7 heteroatoms. The van der Waals surface area contributed by atoms with Gasteiger partial charge in [-0.25, -0.2) is 4.79 Å². The predicted molar refractivity (Wildman–Crippen MR) is 134 cm³/mol. The second-order valence-electron chi connectivity index (χ2n) is 9.10. The highest BCUT2D eigenvalue weighted by Crippen LogP contribution is 2.32. The van der Waals surface area contributed by atoms with E-state index in [-0.39, 0.29) is 12.6 Å². The molecule has 0 saturated carbocycles. The van der Waals surface area contributed by atoms with E-state index in [1.807, 2.05) is 32.0 Å². The van der Waals surface area contributed by atoms with Crippen molar-refractivity contribution in [2.24, 2.45) is 0 Å². The van der Waals surface area contributed by atoms with Crippen molar-refractivity contribution in [2.45, 2.75) is 26.9 Å². The predicted octanol–water partition coefficient (Wildman–Crippen LogP) is 3.41. The number of ether oxygens (including phenoxy) is 2. The summed E-state index contributed by atoms with van der Waals surface area (Å²) in [7, 11) is 2.12. The normalized spacial score (nSPS) is 16.0. The Labute approximate surface area is 201 Å². The number of likely N-dealkylation sites (N-methyl/N-ethyl adjacent to an activating group) is 1. The van der Waals surface area contributed by atoms with Gasteiger partial charge in [0.2, 0.25) is 0 Å². The molecule has 0 aliphatic carbocycles. The number of aromatic nitrogens is 1. The standard InChI is InChI=1S/C27H35N3O4/c1-5-33-27(32)26-20(3)30(21-8-6-19(2)7-9-21)25-11-10-23(16-24(25)26)34-18-22(31)17-29-14-12-28(4)13-15-29/h6-11,16,22,31H,5,12-15,17-18H2,1-4H3/t22-/m0/s1. The number of nitrogens with zero attached hydrogens (tertiary/aromatic N) is 3. The van der Waals surface area contributed by atoms with Crippen molar-refractivity contribution in [1.29, 1.82) is 0 Å². The molecule has 1 saturated heterocycles. The van der Waals surface area contributed by atoms with Crippen LogP contribution in [0.15, 0.2) is 42.5 Å². The van der Waals surface area contributed by atoms with E-state index in [1.54, 1.807) is 0 Å². The minimum absolute atomic E-state index is 0.199. The summed E-state index contributed by atoms with van der Waals surface area (Å²) in [5.74, 6) is 0.277. The molecule has 7 nitrogen and oxygen atoms in total. The molecule has 0 unspecified atom stereocenters. The first kappa shape index (κ1) is 24.3. The number of hydrogen-bond donors (Lipinski definition) is 1. The van der Waals surface area contributed by atoms with Gasteiger partial charge in [0, 0.05) is 49.5 Å². The number of hydrogen-bond acceptors (Lipinski definition) is 6. The van der Waals surface area contributed by atoms with Crippen LogP contribution in [-0.2, 0) is 4.74 Å². The maximum Gasteiger partial charge on any atom is 0.340 e. The lowest BCUT2D eigenvalue weighted by molar-refractivity contribution is 0.0504. The van der Waals surface area contributed by atoms with Gasteiger partial charge in [0.25, 0.3) is 0 Å². The number of aliphatic hydroxyl groups excluding tert-OH is 1. The SMILES string of the molecule is CCOC(=O)c1c(C)n(-c2ccc(C)cc2)c2ccc(OC[C@@H](O)CN3CCN(C)CC3)cc12. The molecule has 1 aromatic heterocycles. The summed E-state index contributed by atoms with van der Waals surface area (Å²) < 4.78 is 13.4.